The van der Waals surface area contributed by atoms with Crippen LogP contribution >= 0.6 is 11.6 Å². The molecule has 0 heterocycles. The predicted octanol–water partition coefficient (Wildman–Crippen LogP) is 4.84. The van der Waals surface area contributed by atoms with Crippen molar-refractivity contribution in [2.45, 2.75) is 26.2 Å². The van der Waals surface area contributed by atoms with E-state index in [2.05, 4.69) is 24.5 Å². The third-order valence-electron chi connectivity index (χ3n) is 3.74. The fraction of sp³-hybridized carbons (Fsp3) is 0.316. The van der Waals surface area contributed by atoms with Crippen LogP contribution < -0.4 is 15.4 Å². The zero-order valence-corrected chi connectivity index (χ0v) is 15.0. The summed E-state index contributed by atoms with van der Waals surface area (Å²) in [4.78, 5) is 12.1. The number of rotatable bonds is 6. The lowest BCUT2D eigenvalue weighted by molar-refractivity contribution is 0.249. The molecule has 2 aromatic rings. The van der Waals surface area contributed by atoms with Crippen LogP contribution in [0.5, 0.6) is 5.75 Å². The van der Waals surface area contributed by atoms with E-state index in [1.807, 2.05) is 55.5 Å². The van der Waals surface area contributed by atoms with Crippen molar-refractivity contribution >= 4 is 23.3 Å². The monoisotopic (exact) mass is 346 g/mol. The standard InChI is InChI=1S/C19H23ClN2O2/c1-4-24-17-11-9-16(10-12-17)22-18(23)21-13-19(2,3)14-5-7-15(20)8-6-14/h5-12H,4,13H2,1-3H3,(H2,21,22,23). The molecule has 0 atom stereocenters. The van der Waals surface area contributed by atoms with Gasteiger partial charge < -0.3 is 15.4 Å². The number of nitrogens with one attached hydrogen (secondary N) is 2. The summed E-state index contributed by atoms with van der Waals surface area (Å²) < 4.78 is 5.38. The summed E-state index contributed by atoms with van der Waals surface area (Å²) in [5, 5.41) is 6.43. The van der Waals surface area contributed by atoms with Gasteiger partial charge >= 0.3 is 6.03 Å². The molecule has 2 rings (SSSR count). The highest BCUT2D eigenvalue weighted by molar-refractivity contribution is 6.30. The van der Waals surface area contributed by atoms with E-state index in [1.54, 1.807) is 0 Å². The SMILES string of the molecule is CCOc1ccc(NC(=O)NCC(C)(C)c2ccc(Cl)cc2)cc1. The van der Waals surface area contributed by atoms with E-state index < -0.39 is 0 Å². The summed E-state index contributed by atoms with van der Waals surface area (Å²) >= 11 is 5.92. The van der Waals surface area contributed by atoms with Gasteiger partial charge in [0.2, 0.25) is 0 Å². The maximum absolute atomic E-state index is 12.1. The summed E-state index contributed by atoms with van der Waals surface area (Å²) in [6.45, 7) is 7.22. The number of hydrogen-bond acceptors (Lipinski definition) is 2. The van der Waals surface area contributed by atoms with Crippen molar-refractivity contribution in [1.29, 1.82) is 0 Å². The van der Waals surface area contributed by atoms with E-state index in [-0.39, 0.29) is 11.4 Å². The van der Waals surface area contributed by atoms with Gasteiger partial charge in [0, 0.05) is 22.7 Å². The Balaban J connectivity index is 1.88. The van der Waals surface area contributed by atoms with E-state index in [4.69, 9.17) is 16.3 Å². The Morgan fingerprint density at radius 3 is 2.29 bits per heavy atom. The summed E-state index contributed by atoms with van der Waals surface area (Å²) in [5.74, 6) is 0.785. The molecule has 0 fully saturated rings. The number of carbonyl (C=O) groups excluding carboxylic acids is 1. The molecular weight excluding hydrogens is 324 g/mol. The van der Waals surface area contributed by atoms with Crippen LogP contribution in [0.2, 0.25) is 5.02 Å². The van der Waals surface area contributed by atoms with Gasteiger partial charge in [0.15, 0.2) is 0 Å². The van der Waals surface area contributed by atoms with Crippen LogP contribution in [-0.4, -0.2) is 19.2 Å². The van der Waals surface area contributed by atoms with Crippen molar-refractivity contribution in [3.05, 3.63) is 59.1 Å². The molecule has 4 nitrogen and oxygen atoms in total. The number of anilines is 1. The smallest absolute Gasteiger partial charge is 0.319 e. The summed E-state index contributed by atoms with van der Waals surface area (Å²) in [7, 11) is 0. The lowest BCUT2D eigenvalue weighted by atomic mass is 9.85. The first-order chi connectivity index (χ1) is 11.4. The molecule has 24 heavy (non-hydrogen) atoms. The second-order valence-corrected chi connectivity index (χ2v) is 6.59. The van der Waals surface area contributed by atoms with Crippen LogP contribution in [0, 0.1) is 0 Å². The van der Waals surface area contributed by atoms with Crippen molar-refractivity contribution in [3.63, 3.8) is 0 Å². The molecule has 2 N–H and O–H groups in total. The van der Waals surface area contributed by atoms with Gasteiger partial charge in [-0.3, -0.25) is 0 Å². The molecule has 0 unspecified atom stereocenters. The molecule has 0 radical (unpaired) electrons. The summed E-state index contributed by atoms with van der Waals surface area (Å²) in [6, 6.07) is 14.7. The van der Waals surface area contributed by atoms with Gasteiger partial charge in [0.05, 0.1) is 6.61 Å². The maximum atomic E-state index is 12.1. The van der Waals surface area contributed by atoms with Crippen molar-refractivity contribution in [2.75, 3.05) is 18.5 Å². The van der Waals surface area contributed by atoms with Gasteiger partial charge in [0.25, 0.3) is 0 Å². The number of urea groups is 1. The van der Waals surface area contributed by atoms with Crippen molar-refractivity contribution in [2.24, 2.45) is 0 Å². The van der Waals surface area contributed by atoms with Crippen LogP contribution in [0.3, 0.4) is 0 Å². The zero-order chi connectivity index (χ0) is 17.6. The minimum atomic E-state index is -0.235. The fourth-order valence-electron chi connectivity index (χ4n) is 2.28. The Labute approximate surface area is 148 Å². The molecule has 0 saturated heterocycles. The normalized spacial score (nSPS) is 11.0. The van der Waals surface area contributed by atoms with E-state index in [0.29, 0.717) is 18.2 Å². The molecule has 0 aliphatic rings. The molecule has 128 valence electrons. The Kier molecular flexibility index (Phi) is 6.10. The van der Waals surface area contributed by atoms with E-state index in [0.717, 1.165) is 17.0 Å². The topological polar surface area (TPSA) is 50.4 Å². The molecule has 0 aliphatic heterocycles. The van der Waals surface area contributed by atoms with Gasteiger partial charge in [-0.2, -0.15) is 0 Å². The number of hydrogen-bond donors (Lipinski definition) is 2. The average molecular weight is 347 g/mol. The third kappa shape index (κ3) is 5.17. The molecule has 5 heteroatoms. The quantitative estimate of drug-likeness (QED) is 0.786. The van der Waals surface area contributed by atoms with E-state index >= 15 is 0 Å². The number of ether oxygens (including phenoxy) is 1. The number of carbonyl (C=O) groups is 1. The number of amides is 2. The molecular formula is C19H23ClN2O2. The number of benzene rings is 2. The minimum absolute atomic E-state index is 0.194. The van der Waals surface area contributed by atoms with Crippen LogP contribution in [0.25, 0.3) is 0 Å². The Morgan fingerprint density at radius 2 is 1.71 bits per heavy atom. The largest absolute Gasteiger partial charge is 0.494 e. The molecule has 0 bridgehead atoms. The van der Waals surface area contributed by atoms with Crippen LogP contribution in [0.4, 0.5) is 10.5 Å². The second-order valence-electron chi connectivity index (χ2n) is 6.16. The zero-order valence-electron chi connectivity index (χ0n) is 14.2. The van der Waals surface area contributed by atoms with Crippen molar-refractivity contribution < 1.29 is 9.53 Å². The molecule has 0 aromatic heterocycles. The molecule has 2 amide bonds. The fourth-order valence-corrected chi connectivity index (χ4v) is 2.41. The van der Waals surface area contributed by atoms with Gasteiger partial charge in [0.1, 0.15) is 5.75 Å². The summed E-state index contributed by atoms with van der Waals surface area (Å²) in [6.07, 6.45) is 0. The first kappa shape index (κ1) is 18.1. The second kappa shape index (κ2) is 8.06. The van der Waals surface area contributed by atoms with Crippen LogP contribution in [-0.2, 0) is 5.41 Å². The first-order valence-electron chi connectivity index (χ1n) is 7.94. The Hall–Kier alpha value is -2.20. The minimum Gasteiger partial charge on any atom is -0.494 e. The lowest BCUT2D eigenvalue weighted by Crippen LogP contribution is -2.38. The van der Waals surface area contributed by atoms with Crippen LogP contribution in [0.1, 0.15) is 26.3 Å². The highest BCUT2D eigenvalue weighted by atomic mass is 35.5. The van der Waals surface area contributed by atoms with Crippen molar-refractivity contribution in [1.82, 2.24) is 5.32 Å². The Morgan fingerprint density at radius 1 is 1.08 bits per heavy atom. The van der Waals surface area contributed by atoms with E-state index in [1.165, 1.54) is 0 Å². The molecule has 0 aliphatic carbocycles. The molecule has 2 aromatic carbocycles. The summed E-state index contributed by atoms with van der Waals surface area (Å²) in [5.41, 5.74) is 1.65. The Bertz CT molecular complexity index is 667. The predicted molar refractivity (Wildman–Crippen MR) is 99.1 cm³/mol. The van der Waals surface area contributed by atoms with Crippen molar-refractivity contribution in [3.8, 4) is 5.75 Å². The van der Waals surface area contributed by atoms with Gasteiger partial charge in [-0.15, -0.1) is 0 Å². The van der Waals surface area contributed by atoms with Crippen LogP contribution in [0.15, 0.2) is 48.5 Å². The van der Waals surface area contributed by atoms with Gasteiger partial charge in [-0.25, -0.2) is 4.79 Å². The van der Waals surface area contributed by atoms with Gasteiger partial charge in [-0.05, 0) is 48.9 Å². The first-order valence-corrected chi connectivity index (χ1v) is 8.32. The highest BCUT2D eigenvalue weighted by Gasteiger charge is 2.21. The molecule has 0 saturated carbocycles. The van der Waals surface area contributed by atoms with E-state index in [9.17, 15) is 4.79 Å². The third-order valence-corrected chi connectivity index (χ3v) is 3.99. The number of halogens is 1. The maximum Gasteiger partial charge on any atom is 0.319 e. The van der Waals surface area contributed by atoms with Gasteiger partial charge in [-0.1, -0.05) is 37.6 Å². The highest BCUT2D eigenvalue weighted by Crippen LogP contribution is 2.24. The molecule has 0 spiro atoms. The lowest BCUT2D eigenvalue weighted by Gasteiger charge is -2.25. The average Bonchev–Trinajstić information content (AvgIpc) is 2.56.